The molecule has 1 amide bonds. The number of aromatic nitrogens is 2. The van der Waals surface area contributed by atoms with Crippen molar-refractivity contribution < 1.29 is 14.7 Å². The van der Waals surface area contributed by atoms with Crippen LogP contribution < -0.4 is 5.32 Å². The fourth-order valence-electron chi connectivity index (χ4n) is 2.18. The third-order valence-corrected chi connectivity index (χ3v) is 3.08. The summed E-state index contributed by atoms with van der Waals surface area (Å²) in [5.41, 5.74) is 2.00. The Hall–Kier alpha value is -2.63. The van der Waals surface area contributed by atoms with Gasteiger partial charge < -0.3 is 10.4 Å². The molecular weight excluding hydrogens is 246 g/mol. The summed E-state index contributed by atoms with van der Waals surface area (Å²) >= 11 is 0. The molecule has 0 radical (unpaired) electrons. The van der Waals surface area contributed by atoms with Crippen LogP contribution in [0.4, 0.5) is 0 Å². The predicted molar refractivity (Wildman–Crippen MR) is 67.0 cm³/mol. The second kappa shape index (κ2) is 4.24. The zero-order valence-electron chi connectivity index (χ0n) is 9.96. The number of carboxylic acids is 1. The second-order valence-electron chi connectivity index (χ2n) is 4.27. The predicted octanol–water partition coefficient (Wildman–Crippen LogP) is 0.992. The lowest BCUT2D eigenvalue weighted by atomic mass is 10.0. The van der Waals surface area contributed by atoms with Crippen molar-refractivity contribution in [3.8, 4) is 11.1 Å². The van der Waals surface area contributed by atoms with Gasteiger partial charge in [0.05, 0.1) is 18.3 Å². The van der Waals surface area contributed by atoms with Gasteiger partial charge in [-0.25, -0.2) is 4.79 Å². The van der Waals surface area contributed by atoms with Crippen molar-refractivity contribution in [2.24, 2.45) is 0 Å². The van der Waals surface area contributed by atoms with Crippen molar-refractivity contribution in [3.05, 3.63) is 41.7 Å². The zero-order valence-corrected chi connectivity index (χ0v) is 9.96. The number of carbonyl (C=O) groups is 2. The summed E-state index contributed by atoms with van der Waals surface area (Å²) in [5, 5.41) is 15.9. The molecule has 1 aromatic carbocycles. The largest absolute Gasteiger partial charge is 0.478 e. The molecule has 96 valence electrons. The first-order chi connectivity index (χ1) is 9.16. The highest BCUT2D eigenvalue weighted by Crippen LogP contribution is 2.25. The van der Waals surface area contributed by atoms with Gasteiger partial charge in [0, 0.05) is 12.1 Å². The summed E-state index contributed by atoms with van der Waals surface area (Å²) in [4.78, 5) is 22.8. The van der Waals surface area contributed by atoms with Crippen molar-refractivity contribution >= 4 is 11.9 Å². The summed E-state index contributed by atoms with van der Waals surface area (Å²) in [6.07, 6.45) is 1.60. The Kier molecular flexibility index (Phi) is 2.56. The van der Waals surface area contributed by atoms with Gasteiger partial charge in [-0.3, -0.25) is 9.48 Å². The van der Waals surface area contributed by atoms with E-state index in [0.717, 1.165) is 0 Å². The number of benzene rings is 1. The molecule has 19 heavy (non-hydrogen) atoms. The summed E-state index contributed by atoms with van der Waals surface area (Å²) in [6, 6.07) is 6.49. The Morgan fingerprint density at radius 1 is 1.42 bits per heavy atom. The maximum absolute atomic E-state index is 11.9. The molecule has 0 fully saturated rings. The van der Waals surface area contributed by atoms with E-state index in [1.54, 1.807) is 29.1 Å². The number of nitrogens with zero attached hydrogens (tertiary/aromatic N) is 2. The van der Waals surface area contributed by atoms with Crippen LogP contribution >= 0.6 is 0 Å². The molecule has 3 rings (SSSR count). The molecule has 1 aliphatic heterocycles. The van der Waals surface area contributed by atoms with Crippen LogP contribution in [-0.4, -0.2) is 33.3 Å². The van der Waals surface area contributed by atoms with E-state index in [1.807, 2.05) is 0 Å². The number of hydrogen-bond donors (Lipinski definition) is 2. The average Bonchev–Trinajstić information content (AvgIpc) is 2.84. The van der Waals surface area contributed by atoms with Crippen LogP contribution in [-0.2, 0) is 6.54 Å². The van der Waals surface area contributed by atoms with Crippen molar-refractivity contribution in [1.29, 1.82) is 0 Å². The lowest BCUT2D eigenvalue weighted by Crippen LogP contribution is -2.35. The summed E-state index contributed by atoms with van der Waals surface area (Å²) in [5.74, 6) is -1.17. The number of amides is 1. The van der Waals surface area contributed by atoms with Gasteiger partial charge >= 0.3 is 5.97 Å². The van der Waals surface area contributed by atoms with E-state index in [-0.39, 0.29) is 11.5 Å². The van der Waals surface area contributed by atoms with Gasteiger partial charge in [-0.15, -0.1) is 0 Å². The quantitative estimate of drug-likeness (QED) is 0.840. The molecule has 2 heterocycles. The van der Waals surface area contributed by atoms with Gasteiger partial charge in [0.2, 0.25) is 0 Å². The number of carboxylic acid groups (broad SMARTS) is 1. The molecule has 0 atom stereocenters. The topological polar surface area (TPSA) is 84.2 Å². The van der Waals surface area contributed by atoms with Crippen molar-refractivity contribution in [2.45, 2.75) is 6.54 Å². The highest BCUT2D eigenvalue weighted by Gasteiger charge is 2.23. The standard InChI is InChI=1S/C13H11N3O3/c17-12-11-10(7-15-16(11)5-4-14-12)8-2-1-3-9(6-8)13(18)19/h1-3,6-7H,4-5H2,(H,14,17)(H,18,19). The van der Waals surface area contributed by atoms with Crippen LogP contribution in [0.1, 0.15) is 20.8 Å². The van der Waals surface area contributed by atoms with Gasteiger partial charge in [0.15, 0.2) is 0 Å². The van der Waals surface area contributed by atoms with Gasteiger partial charge in [-0.1, -0.05) is 12.1 Å². The van der Waals surface area contributed by atoms with E-state index in [2.05, 4.69) is 10.4 Å². The highest BCUT2D eigenvalue weighted by molar-refractivity contribution is 6.00. The highest BCUT2D eigenvalue weighted by atomic mass is 16.4. The van der Waals surface area contributed by atoms with Crippen LogP contribution in [0.3, 0.4) is 0 Å². The molecule has 6 nitrogen and oxygen atoms in total. The van der Waals surface area contributed by atoms with Crippen LogP contribution in [0.2, 0.25) is 0 Å². The number of carbonyl (C=O) groups excluding carboxylic acids is 1. The summed E-state index contributed by atoms with van der Waals surface area (Å²) < 4.78 is 1.64. The van der Waals surface area contributed by atoms with Crippen molar-refractivity contribution in [2.75, 3.05) is 6.54 Å². The average molecular weight is 257 g/mol. The van der Waals surface area contributed by atoms with Crippen LogP contribution in [0.15, 0.2) is 30.5 Å². The minimum absolute atomic E-state index is 0.181. The molecule has 0 saturated heterocycles. The Balaban J connectivity index is 2.13. The fourth-order valence-corrected chi connectivity index (χ4v) is 2.18. The number of hydrogen-bond acceptors (Lipinski definition) is 3. The molecule has 0 saturated carbocycles. The number of rotatable bonds is 2. The minimum Gasteiger partial charge on any atom is -0.478 e. The molecule has 0 bridgehead atoms. The lowest BCUT2D eigenvalue weighted by Gasteiger charge is -2.15. The molecule has 6 heteroatoms. The normalized spacial score (nSPS) is 13.8. The maximum Gasteiger partial charge on any atom is 0.335 e. The molecule has 2 aromatic rings. The SMILES string of the molecule is O=C(O)c1cccc(-c2cnn3c2C(=O)NCC3)c1. The Morgan fingerprint density at radius 2 is 2.26 bits per heavy atom. The lowest BCUT2D eigenvalue weighted by molar-refractivity contribution is 0.0696. The van der Waals surface area contributed by atoms with E-state index < -0.39 is 5.97 Å². The summed E-state index contributed by atoms with van der Waals surface area (Å²) in [7, 11) is 0. The van der Waals surface area contributed by atoms with Crippen molar-refractivity contribution in [1.82, 2.24) is 15.1 Å². The van der Waals surface area contributed by atoms with Crippen LogP contribution in [0.5, 0.6) is 0 Å². The molecule has 0 unspecified atom stereocenters. The van der Waals surface area contributed by atoms with E-state index >= 15 is 0 Å². The monoisotopic (exact) mass is 257 g/mol. The van der Waals surface area contributed by atoms with Gasteiger partial charge in [-0.2, -0.15) is 5.10 Å². The Bertz CT molecular complexity index is 676. The Labute approximate surface area is 108 Å². The third-order valence-electron chi connectivity index (χ3n) is 3.08. The van der Waals surface area contributed by atoms with Crippen LogP contribution in [0, 0.1) is 0 Å². The van der Waals surface area contributed by atoms with E-state index in [9.17, 15) is 9.59 Å². The summed E-state index contributed by atoms with van der Waals surface area (Å²) in [6.45, 7) is 1.18. The number of nitrogens with one attached hydrogen (secondary N) is 1. The number of fused-ring (bicyclic) bond motifs is 1. The Morgan fingerprint density at radius 3 is 3.05 bits per heavy atom. The molecular formula is C13H11N3O3. The number of aromatic carboxylic acids is 1. The van der Waals surface area contributed by atoms with Gasteiger partial charge in [-0.05, 0) is 17.7 Å². The first-order valence-corrected chi connectivity index (χ1v) is 5.84. The van der Waals surface area contributed by atoms with E-state index in [0.29, 0.717) is 29.9 Å². The van der Waals surface area contributed by atoms with E-state index in [1.165, 1.54) is 6.07 Å². The molecule has 0 spiro atoms. The first kappa shape index (κ1) is 11.5. The van der Waals surface area contributed by atoms with Gasteiger partial charge in [0.1, 0.15) is 5.69 Å². The molecule has 2 N–H and O–H groups in total. The van der Waals surface area contributed by atoms with Crippen molar-refractivity contribution in [3.63, 3.8) is 0 Å². The zero-order chi connectivity index (χ0) is 13.4. The molecule has 1 aromatic heterocycles. The molecule has 1 aliphatic rings. The van der Waals surface area contributed by atoms with Gasteiger partial charge in [0.25, 0.3) is 5.91 Å². The minimum atomic E-state index is -0.993. The molecule has 0 aliphatic carbocycles. The van der Waals surface area contributed by atoms with E-state index in [4.69, 9.17) is 5.11 Å². The third kappa shape index (κ3) is 1.87. The smallest absolute Gasteiger partial charge is 0.335 e. The maximum atomic E-state index is 11.9. The first-order valence-electron chi connectivity index (χ1n) is 5.84. The second-order valence-corrected chi connectivity index (χ2v) is 4.27. The fraction of sp³-hybridized carbons (Fsp3) is 0.154. The van der Waals surface area contributed by atoms with Crippen LogP contribution in [0.25, 0.3) is 11.1 Å².